The predicted molar refractivity (Wildman–Crippen MR) is 81.4 cm³/mol. The lowest BCUT2D eigenvalue weighted by Crippen LogP contribution is -2.29. The van der Waals surface area contributed by atoms with Gasteiger partial charge in [-0.15, -0.1) is 0 Å². The maximum atomic E-state index is 12.5. The monoisotopic (exact) mass is 289 g/mol. The smallest absolute Gasteiger partial charge is 0.337 e. The molecular formula is C17H23NO3. The van der Waals surface area contributed by atoms with Crippen molar-refractivity contribution in [2.45, 2.75) is 45.6 Å². The number of hydrogen-bond acceptors (Lipinski definition) is 3. The zero-order valence-corrected chi connectivity index (χ0v) is 13.0. The molecule has 1 atom stereocenters. The lowest BCUT2D eigenvalue weighted by atomic mass is 9.98. The minimum Gasteiger partial charge on any atom is -0.465 e. The Morgan fingerprint density at radius 3 is 2.67 bits per heavy atom. The number of amides is 1. The van der Waals surface area contributed by atoms with E-state index in [1.165, 1.54) is 7.11 Å². The molecule has 2 rings (SSSR count). The van der Waals surface area contributed by atoms with Crippen LogP contribution in [0.15, 0.2) is 18.2 Å². The molecule has 4 nitrogen and oxygen atoms in total. The van der Waals surface area contributed by atoms with Crippen molar-refractivity contribution in [2.75, 3.05) is 13.7 Å². The summed E-state index contributed by atoms with van der Waals surface area (Å²) in [5, 5.41) is 0. The van der Waals surface area contributed by atoms with Crippen LogP contribution < -0.4 is 0 Å². The van der Waals surface area contributed by atoms with E-state index in [2.05, 4.69) is 13.8 Å². The van der Waals surface area contributed by atoms with Gasteiger partial charge in [-0.25, -0.2) is 4.79 Å². The summed E-state index contributed by atoms with van der Waals surface area (Å²) in [7, 11) is 1.37. The molecule has 0 saturated heterocycles. The van der Waals surface area contributed by atoms with Gasteiger partial charge >= 0.3 is 5.97 Å². The molecule has 0 N–H and O–H groups in total. The van der Waals surface area contributed by atoms with E-state index in [1.54, 1.807) is 12.1 Å². The Bertz CT molecular complexity index is 539. The molecule has 21 heavy (non-hydrogen) atoms. The van der Waals surface area contributed by atoms with Crippen molar-refractivity contribution < 1.29 is 14.3 Å². The molecule has 0 saturated carbocycles. The molecule has 1 heterocycles. The summed E-state index contributed by atoms with van der Waals surface area (Å²) < 4.78 is 4.77. The van der Waals surface area contributed by atoms with E-state index >= 15 is 0 Å². The molecule has 1 amide bonds. The van der Waals surface area contributed by atoms with Gasteiger partial charge in [0.15, 0.2) is 0 Å². The van der Waals surface area contributed by atoms with E-state index in [4.69, 9.17) is 4.74 Å². The first kappa shape index (κ1) is 15.5. The summed E-state index contributed by atoms with van der Waals surface area (Å²) >= 11 is 0. The Morgan fingerprint density at radius 2 is 2.05 bits per heavy atom. The second-order valence-electron chi connectivity index (χ2n) is 5.45. The van der Waals surface area contributed by atoms with E-state index < -0.39 is 0 Å². The van der Waals surface area contributed by atoms with Gasteiger partial charge in [0.2, 0.25) is 0 Å². The average molecular weight is 289 g/mol. The molecule has 1 aliphatic heterocycles. The molecule has 0 fully saturated rings. The van der Waals surface area contributed by atoms with Crippen molar-refractivity contribution in [3.63, 3.8) is 0 Å². The number of rotatable bonds is 6. The number of methoxy groups -OCH3 is 1. The topological polar surface area (TPSA) is 46.6 Å². The highest BCUT2D eigenvalue weighted by Crippen LogP contribution is 2.37. The Morgan fingerprint density at radius 1 is 1.29 bits per heavy atom. The van der Waals surface area contributed by atoms with Gasteiger partial charge < -0.3 is 9.64 Å². The molecule has 0 spiro atoms. The second-order valence-corrected chi connectivity index (χ2v) is 5.45. The fourth-order valence-corrected chi connectivity index (χ4v) is 2.91. The molecule has 1 aromatic rings. The van der Waals surface area contributed by atoms with Crippen molar-refractivity contribution in [1.82, 2.24) is 4.90 Å². The van der Waals surface area contributed by atoms with Crippen LogP contribution in [0, 0.1) is 0 Å². The van der Waals surface area contributed by atoms with Crippen LogP contribution in [0.2, 0.25) is 0 Å². The van der Waals surface area contributed by atoms with Gasteiger partial charge in [-0.05, 0) is 36.6 Å². The van der Waals surface area contributed by atoms with Gasteiger partial charge in [-0.3, -0.25) is 4.79 Å². The standard InChI is InChI=1S/C17H23NO3/c1-4-6-10-18-15(7-5-2)14-11-12(17(20)21-3)8-9-13(14)16(18)19/h8-9,11,15H,4-7,10H2,1-3H3. The minimum atomic E-state index is -0.354. The maximum Gasteiger partial charge on any atom is 0.337 e. The number of benzene rings is 1. The summed E-state index contributed by atoms with van der Waals surface area (Å²) in [4.78, 5) is 26.2. The number of ether oxygens (including phenoxy) is 1. The molecule has 0 radical (unpaired) electrons. The van der Waals surface area contributed by atoms with Gasteiger partial charge in [0, 0.05) is 12.1 Å². The highest BCUT2D eigenvalue weighted by molar-refractivity contribution is 6.00. The average Bonchev–Trinajstić information content (AvgIpc) is 2.77. The van der Waals surface area contributed by atoms with E-state index in [-0.39, 0.29) is 17.9 Å². The third-order valence-electron chi connectivity index (χ3n) is 4.01. The Hall–Kier alpha value is -1.84. The number of esters is 1. The van der Waals surface area contributed by atoms with Crippen molar-refractivity contribution in [2.24, 2.45) is 0 Å². The zero-order chi connectivity index (χ0) is 15.4. The lowest BCUT2D eigenvalue weighted by Gasteiger charge is -2.25. The number of unbranched alkanes of at least 4 members (excludes halogenated alkanes) is 1. The first-order chi connectivity index (χ1) is 10.1. The largest absolute Gasteiger partial charge is 0.465 e. The highest BCUT2D eigenvalue weighted by Gasteiger charge is 2.36. The van der Waals surface area contributed by atoms with Gasteiger partial charge in [0.1, 0.15) is 0 Å². The summed E-state index contributed by atoms with van der Waals surface area (Å²) in [6.45, 7) is 5.02. The van der Waals surface area contributed by atoms with E-state index in [9.17, 15) is 9.59 Å². The van der Waals surface area contributed by atoms with E-state index in [0.717, 1.165) is 43.4 Å². The molecule has 0 aliphatic carbocycles. The Kier molecular flexibility index (Phi) is 4.99. The zero-order valence-electron chi connectivity index (χ0n) is 13.0. The number of nitrogens with zero attached hydrogens (tertiary/aromatic N) is 1. The molecule has 1 aromatic carbocycles. The normalized spacial score (nSPS) is 17.0. The quantitative estimate of drug-likeness (QED) is 0.752. The minimum absolute atomic E-state index is 0.0910. The van der Waals surface area contributed by atoms with Gasteiger partial charge in [0.05, 0.1) is 18.7 Å². The molecule has 4 heteroatoms. The van der Waals surface area contributed by atoms with Crippen LogP contribution in [-0.2, 0) is 4.74 Å². The third-order valence-corrected chi connectivity index (χ3v) is 4.01. The Labute approximate surface area is 126 Å². The molecule has 0 aromatic heterocycles. The first-order valence-electron chi connectivity index (χ1n) is 7.67. The fourth-order valence-electron chi connectivity index (χ4n) is 2.91. The van der Waals surface area contributed by atoms with Crippen LogP contribution in [0.1, 0.15) is 71.9 Å². The van der Waals surface area contributed by atoms with Gasteiger partial charge in [-0.1, -0.05) is 26.7 Å². The summed E-state index contributed by atoms with van der Waals surface area (Å²) in [5.41, 5.74) is 2.22. The summed E-state index contributed by atoms with van der Waals surface area (Å²) in [5.74, 6) is -0.263. The lowest BCUT2D eigenvalue weighted by molar-refractivity contribution is 0.0600. The molecule has 114 valence electrons. The van der Waals surface area contributed by atoms with Crippen molar-refractivity contribution in [1.29, 1.82) is 0 Å². The van der Waals surface area contributed by atoms with Crippen LogP contribution in [0.3, 0.4) is 0 Å². The van der Waals surface area contributed by atoms with Crippen LogP contribution in [-0.4, -0.2) is 30.4 Å². The highest BCUT2D eigenvalue weighted by atomic mass is 16.5. The van der Waals surface area contributed by atoms with Crippen molar-refractivity contribution in [3.8, 4) is 0 Å². The second kappa shape index (κ2) is 6.74. The molecule has 1 unspecified atom stereocenters. The van der Waals surface area contributed by atoms with Crippen molar-refractivity contribution >= 4 is 11.9 Å². The SMILES string of the molecule is CCCCN1C(=O)c2ccc(C(=O)OC)cc2C1CCC. The van der Waals surface area contributed by atoms with Crippen LogP contribution >= 0.6 is 0 Å². The van der Waals surface area contributed by atoms with Crippen LogP contribution in [0.5, 0.6) is 0 Å². The summed E-state index contributed by atoms with van der Waals surface area (Å²) in [6, 6.07) is 5.35. The molecule has 0 bridgehead atoms. The fraction of sp³-hybridized carbons (Fsp3) is 0.529. The number of carbonyl (C=O) groups is 2. The van der Waals surface area contributed by atoms with Gasteiger partial charge in [0.25, 0.3) is 5.91 Å². The van der Waals surface area contributed by atoms with E-state index in [0.29, 0.717) is 5.56 Å². The van der Waals surface area contributed by atoms with Crippen LogP contribution in [0.25, 0.3) is 0 Å². The third kappa shape index (κ3) is 2.94. The van der Waals surface area contributed by atoms with Crippen molar-refractivity contribution in [3.05, 3.63) is 34.9 Å². The van der Waals surface area contributed by atoms with Gasteiger partial charge in [-0.2, -0.15) is 0 Å². The number of hydrogen-bond donors (Lipinski definition) is 0. The molecule has 1 aliphatic rings. The molecular weight excluding hydrogens is 266 g/mol. The number of carbonyl (C=O) groups excluding carboxylic acids is 2. The first-order valence-corrected chi connectivity index (χ1v) is 7.67. The predicted octanol–water partition coefficient (Wildman–Crippen LogP) is 3.57. The van der Waals surface area contributed by atoms with Crippen LogP contribution in [0.4, 0.5) is 0 Å². The number of fused-ring (bicyclic) bond motifs is 1. The summed E-state index contributed by atoms with van der Waals surface area (Å²) in [6.07, 6.45) is 3.99. The maximum absolute atomic E-state index is 12.5. The Balaban J connectivity index is 2.37. The van der Waals surface area contributed by atoms with E-state index in [1.807, 2.05) is 11.0 Å².